The Kier molecular flexibility index (Phi) is 4.89. The molecule has 2 N–H and O–H groups in total. The van der Waals surface area contributed by atoms with Gasteiger partial charge < -0.3 is 14.9 Å². The molecular weight excluding hydrogens is 336 g/mol. The van der Waals surface area contributed by atoms with Crippen LogP contribution in [0, 0.1) is 12.3 Å². The van der Waals surface area contributed by atoms with Crippen LogP contribution in [0.5, 0.6) is 5.75 Å². The van der Waals surface area contributed by atoms with Crippen molar-refractivity contribution >= 4 is 5.65 Å². The number of fused-ring (bicyclic) bond motifs is 1. The van der Waals surface area contributed by atoms with Crippen LogP contribution in [0.15, 0.2) is 48.8 Å². The van der Waals surface area contributed by atoms with E-state index in [4.69, 9.17) is 10.5 Å². The first-order chi connectivity index (χ1) is 13.0. The molecule has 0 saturated carbocycles. The Hall–Kier alpha value is -2.37. The van der Waals surface area contributed by atoms with Crippen LogP contribution in [0.2, 0.25) is 0 Å². The van der Waals surface area contributed by atoms with E-state index >= 15 is 0 Å². The van der Waals surface area contributed by atoms with Gasteiger partial charge in [0.1, 0.15) is 18.0 Å². The second kappa shape index (κ2) is 7.33. The van der Waals surface area contributed by atoms with Crippen LogP contribution in [0.4, 0.5) is 0 Å². The smallest absolute Gasteiger partial charge is 0.140 e. The average molecular weight is 364 g/mol. The van der Waals surface area contributed by atoms with Gasteiger partial charge in [0.15, 0.2) is 0 Å². The molecule has 1 saturated heterocycles. The van der Waals surface area contributed by atoms with Gasteiger partial charge in [-0.1, -0.05) is 25.1 Å². The maximum Gasteiger partial charge on any atom is 0.140 e. The van der Waals surface area contributed by atoms with E-state index in [1.807, 2.05) is 22.9 Å². The number of aryl methyl sites for hydroxylation is 1. The second-order valence-electron chi connectivity index (χ2n) is 8.06. The molecule has 142 valence electrons. The first-order valence-corrected chi connectivity index (χ1v) is 9.62. The van der Waals surface area contributed by atoms with E-state index in [0.29, 0.717) is 6.61 Å². The lowest BCUT2D eigenvalue weighted by Crippen LogP contribution is -2.31. The van der Waals surface area contributed by atoms with Crippen molar-refractivity contribution in [2.24, 2.45) is 11.1 Å². The molecule has 0 amide bonds. The molecule has 1 fully saturated rings. The topological polar surface area (TPSA) is 55.8 Å². The Morgan fingerprint density at radius 3 is 2.74 bits per heavy atom. The lowest BCUT2D eigenvalue weighted by atomic mass is 9.90. The normalized spacial score (nSPS) is 20.4. The summed E-state index contributed by atoms with van der Waals surface area (Å²) in [4.78, 5) is 7.14. The van der Waals surface area contributed by atoms with Gasteiger partial charge in [-0.3, -0.25) is 4.90 Å². The Morgan fingerprint density at radius 2 is 2.04 bits per heavy atom. The van der Waals surface area contributed by atoms with Gasteiger partial charge in [0.2, 0.25) is 0 Å². The van der Waals surface area contributed by atoms with Crippen LogP contribution < -0.4 is 10.5 Å². The van der Waals surface area contributed by atoms with Crippen molar-refractivity contribution in [3.8, 4) is 5.75 Å². The highest BCUT2D eigenvalue weighted by Crippen LogP contribution is 2.29. The molecular formula is C22H28N4O. The minimum atomic E-state index is 0.273. The number of nitrogens with two attached hydrogens (primary N) is 1. The zero-order chi connectivity index (χ0) is 18.9. The van der Waals surface area contributed by atoms with Gasteiger partial charge in [-0.25, -0.2) is 4.98 Å². The fourth-order valence-electron chi connectivity index (χ4n) is 3.81. The first-order valence-electron chi connectivity index (χ1n) is 9.62. The van der Waals surface area contributed by atoms with Crippen LogP contribution in [-0.4, -0.2) is 33.9 Å². The third-order valence-corrected chi connectivity index (χ3v) is 5.57. The summed E-state index contributed by atoms with van der Waals surface area (Å²) in [5.74, 6) is 0.876. The van der Waals surface area contributed by atoms with E-state index < -0.39 is 0 Å². The molecule has 0 spiro atoms. The number of aromatic nitrogens is 2. The van der Waals surface area contributed by atoms with Crippen molar-refractivity contribution in [3.05, 3.63) is 65.6 Å². The van der Waals surface area contributed by atoms with Gasteiger partial charge in [0.25, 0.3) is 0 Å². The second-order valence-corrected chi connectivity index (χ2v) is 8.06. The summed E-state index contributed by atoms with van der Waals surface area (Å²) in [7, 11) is 0. The molecule has 4 rings (SSSR count). The van der Waals surface area contributed by atoms with E-state index in [9.17, 15) is 0 Å². The number of likely N-dealkylation sites (tertiary alicyclic amines) is 1. The van der Waals surface area contributed by atoms with E-state index in [1.165, 1.54) is 17.5 Å². The van der Waals surface area contributed by atoms with Gasteiger partial charge in [-0.05, 0) is 61.2 Å². The number of pyridine rings is 1. The number of benzene rings is 1. The van der Waals surface area contributed by atoms with Gasteiger partial charge in [-0.2, -0.15) is 0 Å². The predicted molar refractivity (Wildman–Crippen MR) is 108 cm³/mol. The summed E-state index contributed by atoms with van der Waals surface area (Å²) >= 11 is 0. The summed E-state index contributed by atoms with van der Waals surface area (Å²) < 4.78 is 7.97. The molecule has 1 aromatic carbocycles. The minimum absolute atomic E-state index is 0.273. The van der Waals surface area contributed by atoms with Crippen LogP contribution in [0.3, 0.4) is 0 Å². The van der Waals surface area contributed by atoms with Gasteiger partial charge in [-0.15, -0.1) is 0 Å². The molecule has 27 heavy (non-hydrogen) atoms. The fraction of sp³-hybridized carbons (Fsp3) is 0.409. The van der Waals surface area contributed by atoms with Crippen LogP contribution >= 0.6 is 0 Å². The zero-order valence-electron chi connectivity index (χ0n) is 16.2. The van der Waals surface area contributed by atoms with Crippen LogP contribution in [0.1, 0.15) is 30.2 Å². The minimum Gasteiger partial charge on any atom is -0.487 e. The van der Waals surface area contributed by atoms with Gasteiger partial charge in [0.05, 0.1) is 5.69 Å². The standard InChI is InChI=1S/C22H28N4O/c1-17-4-3-10-26-13-19(24-21(17)26)14-27-20-7-5-18(6-8-20)12-25-11-9-22(2,15-23)16-25/h3-8,10,13H,9,11-12,14-16,23H2,1-2H3. The van der Waals surface area contributed by atoms with Crippen LogP contribution in [0.25, 0.3) is 5.65 Å². The molecule has 2 aromatic heterocycles. The Balaban J connectivity index is 1.34. The monoisotopic (exact) mass is 364 g/mol. The highest BCUT2D eigenvalue weighted by atomic mass is 16.5. The fourth-order valence-corrected chi connectivity index (χ4v) is 3.81. The SMILES string of the molecule is Cc1cccn2cc(COc3ccc(CN4CCC(C)(CN)C4)cc3)nc12. The third-order valence-electron chi connectivity index (χ3n) is 5.57. The number of rotatable bonds is 6. The predicted octanol–water partition coefficient (Wildman–Crippen LogP) is 3.39. The molecule has 3 aromatic rings. The zero-order valence-corrected chi connectivity index (χ0v) is 16.2. The largest absolute Gasteiger partial charge is 0.487 e. The summed E-state index contributed by atoms with van der Waals surface area (Å²) in [5, 5.41) is 0. The number of imidazole rings is 1. The number of ether oxygens (including phenoxy) is 1. The van der Waals surface area contributed by atoms with Crippen molar-refractivity contribution < 1.29 is 4.74 Å². The van der Waals surface area contributed by atoms with Crippen molar-refractivity contribution in [3.63, 3.8) is 0 Å². The molecule has 0 radical (unpaired) electrons. The number of hydrogen-bond donors (Lipinski definition) is 1. The quantitative estimate of drug-likeness (QED) is 0.728. The summed E-state index contributed by atoms with van der Waals surface area (Å²) in [6.07, 6.45) is 5.23. The summed E-state index contributed by atoms with van der Waals surface area (Å²) in [6.45, 7) is 8.77. The number of hydrogen-bond acceptors (Lipinski definition) is 4. The highest BCUT2D eigenvalue weighted by Gasteiger charge is 2.32. The molecule has 1 aliphatic heterocycles. The van der Waals surface area contributed by atoms with E-state index in [2.05, 4.69) is 54.1 Å². The Bertz CT molecular complexity index is 918. The van der Waals surface area contributed by atoms with Crippen molar-refractivity contribution in [2.75, 3.05) is 19.6 Å². The summed E-state index contributed by atoms with van der Waals surface area (Å²) in [6, 6.07) is 12.5. The van der Waals surface area contributed by atoms with Gasteiger partial charge in [0, 0.05) is 25.5 Å². The van der Waals surface area contributed by atoms with Crippen molar-refractivity contribution in [2.45, 2.75) is 33.4 Å². The van der Waals surface area contributed by atoms with Gasteiger partial charge >= 0.3 is 0 Å². The first kappa shape index (κ1) is 18.0. The van der Waals surface area contributed by atoms with E-state index in [0.717, 1.165) is 43.3 Å². The summed E-state index contributed by atoms with van der Waals surface area (Å²) in [5.41, 5.74) is 10.6. The highest BCUT2D eigenvalue weighted by molar-refractivity contribution is 5.47. The van der Waals surface area contributed by atoms with E-state index in [1.54, 1.807) is 0 Å². The lowest BCUT2D eigenvalue weighted by Gasteiger charge is -2.22. The van der Waals surface area contributed by atoms with Crippen LogP contribution in [-0.2, 0) is 13.2 Å². The molecule has 0 bridgehead atoms. The molecule has 5 heteroatoms. The lowest BCUT2D eigenvalue weighted by molar-refractivity contribution is 0.274. The van der Waals surface area contributed by atoms with E-state index in [-0.39, 0.29) is 5.41 Å². The molecule has 1 atom stereocenters. The maximum atomic E-state index is 5.93. The molecule has 5 nitrogen and oxygen atoms in total. The molecule has 1 unspecified atom stereocenters. The maximum absolute atomic E-state index is 5.93. The molecule has 3 heterocycles. The van der Waals surface area contributed by atoms with Crippen molar-refractivity contribution in [1.29, 1.82) is 0 Å². The third kappa shape index (κ3) is 3.99. The molecule has 1 aliphatic rings. The Morgan fingerprint density at radius 1 is 1.22 bits per heavy atom. The number of nitrogens with zero attached hydrogens (tertiary/aromatic N) is 3. The average Bonchev–Trinajstić information content (AvgIpc) is 3.26. The van der Waals surface area contributed by atoms with Crippen molar-refractivity contribution in [1.82, 2.24) is 14.3 Å². The molecule has 0 aliphatic carbocycles. The Labute approximate surface area is 160 Å².